The number of furan rings is 1. The minimum absolute atomic E-state index is 0.673. The second-order valence-electron chi connectivity index (χ2n) is 4.26. The second-order valence-corrected chi connectivity index (χ2v) is 4.26. The van der Waals surface area contributed by atoms with Gasteiger partial charge in [-0.25, -0.2) is 0 Å². The fourth-order valence-corrected chi connectivity index (χ4v) is 1.55. The summed E-state index contributed by atoms with van der Waals surface area (Å²) in [6.07, 6.45) is 4.81. The van der Waals surface area contributed by atoms with E-state index in [9.17, 15) is 0 Å². The Morgan fingerprint density at radius 1 is 1.37 bits per heavy atom. The number of nitrogens with one attached hydrogen (secondary N) is 2. The van der Waals surface area contributed by atoms with Gasteiger partial charge in [-0.1, -0.05) is 13.3 Å². The summed E-state index contributed by atoms with van der Waals surface area (Å²) in [5.41, 5.74) is 0. The van der Waals surface area contributed by atoms with Crippen LogP contribution in [0.1, 0.15) is 25.5 Å². The Hall–Kier alpha value is -1.49. The summed E-state index contributed by atoms with van der Waals surface area (Å²) < 4.78 is 10.3. The van der Waals surface area contributed by atoms with Crippen molar-refractivity contribution in [1.82, 2.24) is 10.6 Å². The smallest absolute Gasteiger partial charge is 0.191 e. The molecule has 0 aliphatic carbocycles. The van der Waals surface area contributed by atoms with E-state index in [0.29, 0.717) is 6.61 Å². The molecule has 1 rings (SSSR count). The van der Waals surface area contributed by atoms with Crippen LogP contribution >= 0.6 is 0 Å². The van der Waals surface area contributed by atoms with Crippen LogP contribution in [0.5, 0.6) is 0 Å². The number of aliphatic imine (C=N–C) groups is 1. The Kier molecular flexibility index (Phi) is 8.55. The Labute approximate surface area is 115 Å². The molecule has 0 unspecified atom stereocenters. The van der Waals surface area contributed by atoms with Crippen LogP contribution in [0.15, 0.2) is 27.8 Å². The molecule has 2 N–H and O–H groups in total. The predicted octanol–water partition coefficient (Wildman–Crippen LogP) is 1.80. The number of methoxy groups -OCH3 is 1. The normalized spacial score (nSPS) is 11.6. The molecule has 0 radical (unpaired) electrons. The molecule has 5 heteroatoms. The molecule has 0 saturated heterocycles. The minimum Gasteiger partial charge on any atom is -0.469 e. The Bertz CT molecular complexity index is 336. The molecule has 0 atom stereocenters. The van der Waals surface area contributed by atoms with E-state index in [1.165, 1.54) is 0 Å². The van der Waals surface area contributed by atoms with Gasteiger partial charge in [-0.05, 0) is 18.6 Å². The maximum atomic E-state index is 5.29. The van der Waals surface area contributed by atoms with Crippen LogP contribution in [-0.2, 0) is 11.2 Å². The first-order valence-electron chi connectivity index (χ1n) is 6.90. The highest BCUT2D eigenvalue weighted by atomic mass is 16.5. The summed E-state index contributed by atoms with van der Waals surface area (Å²) in [7, 11) is 1.69. The highest BCUT2D eigenvalue weighted by Gasteiger charge is 1.99. The fraction of sp³-hybridized carbons (Fsp3) is 0.643. The molecule has 1 aromatic heterocycles. The van der Waals surface area contributed by atoms with Gasteiger partial charge in [-0.3, -0.25) is 4.99 Å². The van der Waals surface area contributed by atoms with Gasteiger partial charge in [0.2, 0.25) is 0 Å². The molecular weight excluding hydrogens is 242 g/mol. The number of hydrogen-bond acceptors (Lipinski definition) is 3. The molecule has 0 amide bonds. The van der Waals surface area contributed by atoms with Crippen molar-refractivity contribution in [3.63, 3.8) is 0 Å². The molecule has 19 heavy (non-hydrogen) atoms. The van der Waals surface area contributed by atoms with Crippen molar-refractivity contribution in [3.8, 4) is 0 Å². The predicted molar refractivity (Wildman–Crippen MR) is 77.5 cm³/mol. The molecule has 0 spiro atoms. The standard InChI is InChI=1S/C14H25N3O2/c1-3-4-8-15-14(17-10-12-18-2)16-9-7-13-6-5-11-19-13/h5-6,11H,3-4,7-10,12H2,1-2H3,(H2,15,16,17). The largest absolute Gasteiger partial charge is 0.469 e. The van der Waals surface area contributed by atoms with Gasteiger partial charge in [0.05, 0.1) is 12.9 Å². The van der Waals surface area contributed by atoms with Crippen molar-refractivity contribution >= 4 is 5.96 Å². The van der Waals surface area contributed by atoms with Gasteiger partial charge < -0.3 is 19.8 Å². The van der Waals surface area contributed by atoms with Crippen LogP contribution in [0.25, 0.3) is 0 Å². The lowest BCUT2D eigenvalue weighted by Gasteiger charge is -2.11. The van der Waals surface area contributed by atoms with Crippen molar-refractivity contribution in [3.05, 3.63) is 24.2 Å². The third kappa shape index (κ3) is 7.51. The van der Waals surface area contributed by atoms with E-state index in [1.807, 2.05) is 12.1 Å². The minimum atomic E-state index is 0.673. The van der Waals surface area contributed by atoms with Gasteiger partial charge in [-0.15, -0.1) is 0 Å². The van der Waals surface area contributed by atoms with Gasteiger partial charge in [-0.2, -0.15) is 0 Å². The van der Waals surface area contributed by atoms with Gasteiger partial charge in [0.25, 0.3) is 0 Å². The van der Waals surface area contributed by atoms with E-state index >= 15 is 0 Å². The van der Waals surface area contributed by atoms with Crippen molar-refractivity contribution in [1.29, 1.82) is 0 Å². The highest BCUT2D eigenvalue weighted by Crippen LogP contribution is 1.99. The summed E-state index contributed by atoms with van der Waals surface area (Å²) >= 11 is 0. The number of unbranched alkanes of at least 4 members (excludes halogenated alkanes) is 1. The van der Waals surface area contributed by atoms with Crippen LogP contribution in [0.4, 0.5) is 0 Å². The quantitative estimate of drug-likeness (QED) is 0.407. The van der Waals surface area contributed by atoms with Crippen LogP contribution < -0.4 is 10.6 Å². The zero-order valence-corrected chi connectivity index (χ0v) is 11.9. The molecule has 0 aliphatic rings. The number of hydrogen-bond donors (Lipinski definition) is 2. The van der Waals surface area contributed by atoms with E-state index < -0.39 is 0 Å². The first-order valence-corrected chi connectivity index (χ1v) is 6.90. The molecule has 5 nitrogen and oxygen atoms in total. The first-order chi connectivity index (χ1) is 9.36. The van der Waals surface area contributed by atoms with Gasteiger partial charge in [0.15, 0.2) is 5.96 Å². The van der Waals surface area contributed by atoms with Gasteiger partial charge in [0, 0.05) is 33.2 Å². The number of nitrogens with zero attached hydrogens (tertiary/aromatic N) is 1. The summed E-state index contributed by atoms with van der Waals surface area (Å²) in [6, 6.07) is 3.89. The summed E-state index contributed by atoms with van der Waals surface area (Å²) in [5, 5.41) is 6.54. The molecular formula is C14H25N3O2. The molecule has 1 aromatic rings. The summed E-state index contributed by atoms with van der Waals surface area (Å²) in [4.78, 5) is 4.51. The Morgan fingerprint density at radius 2 is 2.21 bits per heavy atom. The second kappa shape index (κ2) is 10.4. The van der Waals surface area contributed by atoms with Crippen LogP contribution in [0.3, 0.4) is 0 Å². The average molecular weight is 267 g/mol. The third-order valence-corrected chi connectivity index (χ3v) is 2.62. The van der Waals surface area contributed by atoms with E-state index in [-0.39, 0.29) is 0 Å². The monoisotopic (exact) mass is 267 g/mol. The zero-order chi connectivity index (χ0) is 13.8. The molecule has 0 saturated carbocycles. The van der Waals surface area contributed by atoms with Gasteiger partial charge in [0.1, 0.15) is 5.76 Å². The summed E-state index contributed by atoms with van der Waals surface area (Å²) in [6.45, 7) is 5.25. The van der Waals surface area contributed by atoms with Crippen molar-refractivity contribution in [2.75, 3.05) is 33.4 Å². The lowest BCUT2D eigenvalue weighted by atomic mass is 10.3. The SMILES string of the molecule is CCCCN=C(NCCOC)NCCc1ccco1. The fourth-order valence-electron chi connectivity index (χ4n) is 1.55. The molecule has 0 aromatic carbocycles. The molecule has 108 valence electrons. The van der Waals surface area contributed by atoms with Crippen molar-refractivity contribution in [2.24, 2.45) is 4.99 Å². The van der Waals surface area contributed by atoms with Crippen LogP contribution in [0.2, 0.25) is 0 Å². The third-order valence-electron chi connectivity index (χ3n) is 2.62. The van der Waals surface area contributed by atoms with Crippen LogP contribution in [0, 0.1) is 0 Å². The first kappa shape index (κ1) is 15.6. The van der Waals surface area contributed by atoms with E-state index in [2.05, 4.69) is 22.5 Å². The van der Waals surface area contributed by atoms with E-state index in [1.54, 1.807) is 13.4 Å². The maximum absolute atomic E-state index is 5.29. The topological polar surface area (TPSA) is 58.8 Å². The average Bonchev–Trinajstić information content (AvgIpc) is 2.92. The number of ether oxygens (including phenoxy) is 1. The molecule has 0 bridgehead atoms. The highest BCUT2D eigenvalue weighted by molar-refractivity contribution is 5.79. The maximum Gasteiger partial charge on any atom is 0.191 e. The lowest BCUT2D eigenvalue weighted by Crippen LogP contribution is -2.40. The van der Waals surface area contributed by atoms with Crippen LogP contribution in [-0.4, -0.2) is 39.3 Å². The zero-order valence-electron chi connectivity index (χ0n) is 11.9. The Balaban J connectivity index is 2.28. The molecule has 0 aliphatic heterocycles. The van der Waals surface area contributed by atoms with E-state index in [4.69, 9.17) is 9.15 Å². The summed E-state index contributed by atoms with van der Waals surface area (Å²) in [5.74, 6) is 1.83. The van der Waals surface area contributed by atoms with Crippen molar-refractivity contribution in [2.45, 2.75) is 26.2 Å². The Morgan fingerprint density at radius 3 is 2.89 bits per heavy atom. The van der Waals surface area contributed by atoms with E-state index in [0.717, 1.165) is 50.6 Å². The molecule has 1 heterocycles. The number of rotatable bonds is 9. The van der Waals surface area contributed by atoms with Gasteiger partial charge >= 0.3 is 0 Å². The lowest BCUT2D eigenvalue weighted by molar-refractivity contribution is 0.203. The molecule has 0 fully saturated rings. The number of guanidine groups is 1. The van der Waals surface area contributed by atoms with Crippen molar-refractivity contribution < 1.29 is 9.15 Å².